The average molecular weight is 303 g/mol. The van der Waals surface area contributed by atoms with Crippen LogP contribution < -0.4 is 5.32 Å². The standard InChI is InChI=1S/C13H9N3O4S/c17-16(18)10-6-7-11-12(8-10)21(19,20)15-13(11)14-9-4-2-1-3-5-9/h1-8H,(H,14,15). The summed E-state index contributed by atoms with van der Waals surface area (Å²) in [6.07, 6.45) is 0. The normalized spacial score (nSPS) is 15.1. The molecule has 0 saturated heterocycles. The second-order valence-electron chi connectivity index (χ2n) is 4.34. The molecule has 8 heteroatoms. The van der Waals surface area contributed by atoms with Crippen molar-refractivity contribution in [3.05, 3.63) is 64.2 Å². The van der Waals surface area contributed by atoms with Gasteiger partial charge in [-0.15, -0.1) is 4.40 Å². The molecule has 0 bridgehead atoms. The van der Waals surface area contributed by atoms with E-state index in [0.29, 0.717) is 11.3 Å². The van der Waals surface area contributed by atoms with Gasteiger partial charge in [0.15, 0.2) is 5.84 Å². The van der Waals surface area contributed by atoms with Crippen molar-refractivity contribution in [3.63, 3.8) is 0 Å². The first-order valence-corrected chi connectivity index (χ1v) is 7.37. The molecule has 1 N–H and O–H groups in total. The number of anilines is 1. The maximum Gasteiger partial charge on any atom is 0.285 e. The van der Waals surface area contributed by atoms with Crippen LogP contribution in [-0.2, 0) is 10.0 Å². The summed E-state index contributed by atoms with van der Waals surface area (Å²) in [6, 6.07) is 12.6. The van der Waals surface area contributed by atoms with E-state index in [1.54, 1.807) is 24.3 Å². The fraction of sp³-hybridized carbons (Fsp3) is 0. The SMILES string of the molecule is O=[N+]([O-])c1ccc2c(c1)S(=O)(=O)N=C2Nc1ccccc1. The Morgan fingerprint density at radius 2 is 1.81 bits per heavy atom. The predicted molar refractivity (Wildman–Crippen MR) is 76.9 cm³/mol. The molecule has 0 aromatic heterocycles. The lowest BCUT2D eigenvalue weighted by molar-refractivity contribution is -0.385. The number of sulfonamides is 1. The Morgan fingerprint density at radius 3 is 2.48 bits per heavy atom. The molecule has 0 aliphatic carbocycles. The summed E-state index contributed by atoms with van der Waals surface area (Å²) in [6.45, 7) is 0. The number of hydrogen-bond donors (Lipinski definition) is 1. The summed E-state index contributed by atoms with van der Waals surface area (Å²) in [5, 5.41) is 13.6. The van der Waals surface area contributed by atoms with Gasteiger partial charge < -0.3 is 5.32 Å². The third-order valence-electron chi connectivity index (χ3n) is 2.96. The summed E-state index contributed by atoms with van der Waals surface area (Å²) >= 11 is 0. The predicted octanol–water partition coefficient (Wildman–Crippen LogP) is 2.16. The fourth-order valence-electron chi connectivity index (χ4n) is 2.00. The van der Waals surface area contributed by atoms with Crippen molar-refractivity contribution in [2.45, 2.75) is 4.90 Å². The van der Waals surface area contributed by atoms with Crippen molar-refractivity contribution in [2.75, 3.05) is 5.32 Å². The van der Waals surface area contributed by atoms with Gasteiger partial charge in [-0.1, -0.05) is 18.2 Å². The Morgan fingerprint density at radius 1 is 1.10 bits per heavy atom. The van der Waals surface area contributed by atoms with E-state index in [1.807, 2.05) is 6.07 Å². The highest BCUT2D eigenvalue weighted by Gasteiger charge is 2.31. The molecule has 7 nitrogen and oxygen atoms in total. The third-order valence-corrected chi connectivity index (χ3v) is 4.27. The zero-order chi connectivity index (χ0) is 15.0. The highest BCUT2D eigenvalue weighted by Crippen LogP contribution is 2.30. The van der Waals surface area contributed by atoms with Gasteiger partial charge in [0.25, 0.3) is 15.7 Å². The lowest BCUT2D eigenvalue weighted by Gasteiger charge is -2.05. The number of hydrogen-bond acceptors (Lipinski definition) is 5. The van der Waals surface area contributed by atoms with Gasteiger partial charge in [-0.2, -0.15) is 8.42 Å². The van der Waals surface area contributed by atoms with Gasteiger partial charge in [0, 0.05) is 23.4 Å². The largest absolute Gasteiger partial charge is 0.339 e. The minimum absolute atomic E-state index is 0.157. The number of para-hydroxylation sites is 1. The van der Waals surface area contributed by atoms with Gasteiger partial charge in [0.2, 0.25) is 0 Å². The van der Waals surface area contributed by atoms with Gasteiger partial charge in [-0.25, -0.2) is 0 Å². The maximum atomic E-state index is 12.0. The van der Waals surface area contributed by atoms with Gasteiger partial charge in [0.05, 0.1) is 4.92 Å². The maximum absolute atomic E-state index is 12.0. The molecular formula is C13H9N3O4S. The van der Waals surface area contributed by atoms with E-state index in [1.165, 1.54) is 12.1 Å². The fourth-order valence-corrected chi connectivity index (χ4v) is 3.20. The summed E-state index contributed by atoms with van der Waals surface area (Å²) in [4.78, 5) is 9.94. The zero-order valence-electron chi connectivity index (χ0n) is 10.6. The zero-order valence-corrected chi connectivity index (χ0v) is 11.4. The highest BCUT2D eigenvalue weighted by molar-refractivity contribution is 7.90. The number of rotatable bonds is 2. The molecule has 0 atom stereocenters. The number of nitro groups is 1. The van der Waals surface area contributed by atoms with Crippen LogP contribution in [0.2, 0.25) is 0 Å². The number of amidine groups is 1. The van der Waals surface area contributed by atoms with Gasteiger partial charge in [0.1, 0.15) is 4.90 Å². The van der Waals surface area contributed by atoms with Crippen molar-refractivity contribution < 1.29 is 13.3 Å². The molecule has 106 valence electrons. The molecule has 3 rings (SSSR count). The summed E-state index contributed by atoms with van der Waals surface area (Å²) in [5.41, 5.74) is 0.718. The number of nitro benzene ring substituents is 1. The molecule has 0 amide bonds. The van der Waals surface area contributed by atoms with E-state index in [0.717, 1.165) is 6.07 Å². The second kappa shape index (κ2) is 4.67. The molecule has 0 radical (unpaired) electrons. The lowest BCUT2D eigenvalue weighted by Crippen LogP contribution is -2.11. The molecule has 1 heterocycles. The second-order valence-corrected chi connectivity index (χ2v) is 5.92. The molecule has 1 aliphatic heterocycles. The first kappa shape index (κ1) is 13.3. The number of benzene rings is 2. The van der Waals surface area contributed by atoms with Crippen LogP contribution in [0.1, 0.15) is 5.56 Å². The minimum atomic E-state index is -3.91. The van der Waals surface area contributed by atoms with Crippen molar-refractivity contribution in [1.29, 1.82) is 0 Å². The summed E-state index contributed by atoms with van der Waals surface area (Å²) < 4.78 is 27.6. The average Bonchev–Trinajstić information content (AvgIpc) is 2.71. The molecule has 0 spiro atoms. The van der Waals surface area contributed by atoms with E-state index >= 15 is 0 Å². The number of nitrogens with one attached hydrogen (secondary N) is 1. The van der Waals surface area contributed by atoms with Crippen molar-refractivity contribution in [3.8, 4) is 0 Å². The molecule has 2 aromatic carbocycles. The summed E-state index contributed by atoms with van der Waals surface area (Å²) in [7, 11) is -3.91. The molecule has 0 fully saturated rings. The topological polar surface area (TPSA) is 102 Å². The van der Waals surface area contributed by atoms with Crippen molar-refractivity contribution >= 4 is 27.2 Å². The van der Waals surface area contributed by atoms with Crippen LogP contribution in [0.4, 0.5) is 11.4 Å². The molecule has 1 aliphatic rings. The third kappa shape index (κ3) is 2.36. The molecule has 0 saturated carbocycles. The van der Waals surface area contributed by atoms with Crippen LogP contribution in [-0.4, -0.2) is 19.2 Å². The van der Waals surface area contributed by atoms with Crippen LogP contribution in [0.15, 0.2) is 57.8 Å². The van der Waals surface area contributed by atoms with Crippen molar-refractivity contribution in [2.24, 2.45) is 4.40 Å². The Balaban J connectivity index is 2.06. The monoisotopic (exact) mass is 303 g/mol. The minimum Gasteiger partial charge on any atom is -0.339 e. The Labute approximate surface area is 120 Å². The number of fused-ring (bicyclic) bond motifs is 1. The molecule has 2 aromatic rings. The van der Waals surface area contributed by atoms with E-state index in [9.17, 15) is 18.5 Å². The molecular weight excluding hydrogens is 294 g/mol. The molecule has 21 heavy (non-hydrogen) atoms. The smallest absolute Gasteiger partial charge is 0.285 e. The Kier molecular flexibility index (Phi) is 2.95. The van der Waals surface area contributed by atoms with Crippen LogP contribution in [0.5, 0.6) is 0 Å². The van der Waals surface area contributed by atoms with Gasteiger partial charge in [-0.3, -0.25) is 10.1 Å². The van der Waals surface area contributed by atoms with Crippen molar-refractivity contribution in [1.82, 2.24) is 0 Å². The van der Waals surface area contributed by atoms with Crippen LogP contribution in [0, 0.1) is 10.1 Å². The van der Waals surface area contributed by atoms with E-state index in [2.05, 4.69) is 9.71 Å². The first-order valence-electron chi connectivity index (χ1n) is 5.93. The van der Waals surface area contributed by atoms with E-state index in [-0.39, 0.29) is 16.4 Å². The Hall–Kier alpha value is -2.74. The van der Waals surface area contributed by atoms with E-state index in [4.69, 9.17) is 0 Å². The number of nitrogens with zero attached hydrogens (tertiary/aromatic N) is 2. The van der Waals surface area contributed by atoms with Crippen LogP contribution in [0.3, 0.4) is 0 Å². The quantitative estimate of drug-likeness (QED) is 0.676. The Bertz CT molecular complexity index is 860. The van der Waals surface area contributed by atoms with Gasteiger partial charge >= 0.3 is 0 Å². The summed E-state index contributed by atoms with van der Waals surface area (Å²) in [5.74, 6) is 0.158. The first-order chi connectivity index (χ1) is 9.97. The van der Waals surface area contributed by atoms with Crippen LogP contribution in [0.25, 0.3) is 0 Å². The van der Waals surface area contributed by atoms with Gasteiger partial charge in [-0.05, 0) is 18.2 Å². The van der Waals surface area contributed by atoms with E-state index < -0.39 is 14.9 Å². The lowest BCUT2D eigenvalue weighted by atomic mass is 10.2. The molecule has 0 unspecified atom stereocenters. The van der Waals surface area contributed by atoms with Crippen LogP contribution >= 0.6 is 0 Å². The number of non-ortho nitro benzene ring substituents is 1. The highest BCUT2D eigenvalue weighted by atomic mass is 32.2.